The summed E-state index contributed by atoms with van der Waals surface area (Å²) < 4.78 is 0. The Balaban J connectivity index is 0. The Morgan fingerprint density at radius 2 is 0.818 bits per heavy atom. The zero-order valence-electron chi connectivity index (χ0n) is 6.74. The molecule has 60 valence electrons. The summed E-state index contributed by atoms with van der Waals surface area (Å²) in [5.41, 5.74) is 0. The molecule has 0 unspecified atom stereocenters. The Bertz CT molecular complexity index is 135. The van der Waals surface area contributed by atoms with Crippen LogP contribution in [0.5, 0.6) is 0 Å². The lowest BCUT2D eigenvalue weighted by Crippen LogP contribution is -1.47. The minimum absolute atomic E-state index is 0. The van der Waals surface area contributed by atoms with E-state index < -0.39 is 0 Å². The maximum atomic E-state index is 3.36. The van der Waals surface area contributed by atoms with Crippen molar-refractivity contribution in [1.82, 2.24) is 6.15 Å². The molecule has 0 saturated carbocycles. The van der Waals surface area contributed by atoms with Crippen LogP contribution in [0.2, 0.25) is 0 Å². The van der Waals surface area contributed by atoms with E-state index in [2.05, 4.69) is 13.2 Å². The minimum atomic E-state index is 0. The second-order valence-corrected chi connectivity index (χ2v) is 1.63. The van der Waals surface area contributed by atoms with Crippen LogP contribution >= 0.6 is 0 Å². The Morgan fingerprint density at radius 3 is 0.909 bits per heavy atom. The number of hydrogen-bond acceptors (Lipinski definition) is 1. The second kappa shape index (κ2) is 11.5. The molecular formula is C10H15N. The Morgan fingerprint density at radius 1 is 0.636 bits per heavy atom. The van der Waals surface area contributed by atoms with Gasteiger partial charge in [0.25, 0.3) is 0 Å². The van der Waals surface area contributed by atoms with Gasteiger partial charge in [0, 0.05) is 0 Å². The molecule has 0 bridgehead atoms. The molecule has 3 N–H and O–H groups in total. The van der Waals surface area contributed by atoms with Crippen LogP contribution in [0.15, 0.2) is 61.7 Å². The molecule has 0 radical (unpaired) electrons. The van der Waals surface area contributed by atoms with Crippen LogP contribution in [-0.2, 0) is 0 Å². The van der Waals surface area contributed by atoms with E-state index in [0.29, 0.717) is 0 Å². The van der Waals surface area contributed by atoms with Gasteiger partial charge in [-0.25, -0.2) is 0 Å². The maximum Gasteiger partial charge on any atom is -0.0623 e. The zero-order chi connectivity index (χ0) is 7.66. The van der Waals surface area contributed by atoms with E-state index >= 15 is 0 Å². The van der Waals surface area contributed by atoms with Gasteiger partial charge in [0.1, 0.15) is 0 Å². The van der Waals surface area contributed by atoms with Gasteiger partial charge in [-0.15, -0.1) is 0 Å². The number of allylic oxidation sites excluding steroid dienone is 2. The summed E-state index contributed by atoms with van der Waals surface area (Å²) >= 11 is 0. The van der Waals surface area contributed by atoms with Crippen molar-refractivity contribution in [2.45, 2.75) is 0 Å². The third kappa shape index (κ3) is 12.0. The lowest BCUT2D eigenvalue weighted by molar-refractivity contribution is 1.72. The second-order valence-electron chi connectivity index (χ2n) is 1.63. The molecule has 0 saturated heterocycles. The number of rotatable bonds is 1. The van der Waals surface area contributed by atoms with Crippen LogP contribution in [0.1, 0.15) is 0 Å². The van der Waals surface area contributed by atoms with Gasteiger partial charge in [-0.05, 0) is 0 Å². The molecule has 0 fully saturated rings. The van der Waals surface area contributed by atoms with E-state index in [0.717, 1.165) is 0 Å². The van der Waals surface area contributed by atoms with Crippen LogP contribution in [0, 0.1) is 0 Å². The highest BCUT2D eigenvalue weighted by molar-refractivity contribution is 4.99. The van der Waals surface area contributed by atoms with Crippen molar-refractivity contribution in [3.05, 3.63) is 61.7 Å². The highest BCUT2D eigenvalue weighted by atomic mass is 14.0. The van der Waals surface area contributed by atoms with Crippen LogP contribution < -0.4 is 6.15 Å². The molecule has 1 aromatic rings. The van der Waals surface area contributed by atoms with Gasteiger partial charge in [0.2, 0.25) is 0 Å². The van der Waals surface area contributed by atoms with Gasteiger partial charge in [-0.3, -0.25) is 0 Å². The molecular weight excluding hydrogens is 134 g/mol. The average molecular weight is 149 g/mol. The maximum absolute atomic E-state index is 3.36. The fraction of sp³-hybridized carbons (Fsp3) is 0. The lowest BCUT2D eigenvalue weighted by atomic mass is 10.4. The fourth-order valence-corrected chi connectivity index (χ4v) is 0.385. The predicted molar refractivity (Wildman–Crippen MR) is 51.9 cm³/mol. The zero-order valence-corrected chi connectivity index (χ0v) is 6.74. The molecule has 11 heavy (non-hydrogen) atoms. The molecule has 1 rings (SSSR count). The van der Waals surface area contributed by atoms with Crippen LogP contribution in [0.4, 0.5) is 0 Å². The standard InChI is InChI=1S/C6H6.C4H6.H3N/c1-2-4-6-5-3-1;1-3-4-2;/h1-6H;3-4H,1-2H2;1H3. The molecule has 0 atom stereocenters. The molecule has 0 spiro atoms. The summed E-state index contributed by atoms with van der Waals surface area (Å²) in [6, 6.07) is 12.0. The van der Waals surface area contributed by atoms with Crippen LogP contribution in [0.3, 0.4) is 0 Å². The fourth-order valence-electron chi connectivity index (χ4n) is 0.385. The molecule has 1 heteroatoms. The quantitative estimate of drug-likeness (QED) is 0.611. The normalized spacial score (nSPS) is 6.18. The summed E-state index contributed by atoms with van der Waals surface area (Å²) in [6.45, 7) is 6.72. The average Bonchev–Trinajstić information content (AvgIpc) is 2.08. The monoisotopic (exact) mass is 149 g/mol. The van der Waals surface area contributed by atoms with Crippen molar-refractivity contribution in [2.75, 3.05) is 0 Å². The molecule has 0 heterocycles. The first-order valence-electron chi connectivity index (χ1n) is 3.15. The van der Waals surface area contributed by atoms with E-state index in [4.69, 9.17) is 0 Å². The topological polar surface area (TPSA) is 35.0 Å². The number of hydrogen-bond donors (Lipinski definition) is 1. The molecule has 0 amide bonds. The summed E-state index contributed by atoms with van der Waals surface area (Å²) in [5, 5.41) is 0. The van der Waals surface area contributed by atoms with Crippen molar-refractivity contribution >= 4 is 0 Å². The van der Waals surface area contributed by atoms with E-state index in [1.54, 1.807) is 12.2 Å². The van der Waals surface area contributed by atoms with Crippen LogP contribution in [-0.4, -0.2) is 0 Å². The summed E-state index contributed by atoms with van der Waals surface area (Å²) in [7, 11) is 0. The first-order valence-corrected chi connectivity index (χ1v) is 3.15. The van der Waals surface area contributed by atoms with Gasteiger partial charge < -0.3 is 6.15 Å². The van der Waals surface area contributed by atoms with Gasteiger partial charge in [-0.1, -0.05) is 61.7 Å². The van der Waals surface area contributed by atoms with Crippen molar-refractivity contribution in [1.29, 1.82) is 0 Å². The van der Waals surface area contributed by atoms with Crippen LogP contribution in [0.25, 0.3) is 0 Å². The Hall–Kier alpha value is -1.34. The van der Waals surface area contributed by atoms with Crippen molar-refractivity contribution in [3.63, 3.8) is 0 Å². The smallest absolute Gasteiger partial charge is 0.0623 e. The third-order valence-corrected chi connectivity index (χ3v) is 0.833. The third-order valence-electron chi connectivity index (χ3n) is 0.833. The van der Waals surface area contributed by atoms with Crippen molar-refractivity contribution < 1.29 is 0 Å². The Labute approximate surface area is 68.7 Å². The van der Waals surface area contributed by atoms with Crippen molar-refractivity contribution in [2.24, 2.45) is 0 Å². The lowest BCUT2D eigenvalue weighted by Gasteiger charge is -1.69. The SMILES string of the molecule is C=CC=C.N.c1ccccc1. The first kappa shape index (κ1) is 12.3. The van der Waals surface area contributed by atoms with Gasteiger partial charge in [0.15, 0.2) is 0 Å². The van der Waals surface area contributed by atoms with E-state index in [-0.39, 0.29) is 6.15 Å². The molecule has 0 aliphatic heterocycles. The molecule has 0 aromatic heterocycles. The van der Waals surface area contributed by atoms with Gasteiger partial charge in [-0.2, -0.15) is 0 Å². The Kier molecular flexibility index (Phi) is 12.9. The number of benzene rings is 1. The predicted octanol–water partition coefficient (Wildman–Crippen LogP) is 3.21. The van der Waals surface area contributed by atoms with E-state index in [1.165, 1.54) is 0 Å². The minimum Gasteiger partial charge on any atom is -0.344 e. The highest BCUT2D eigenvalue weighted by Gasteiger charge is 1.57. The molecule has 0 aliphatic carbocycles. The van der Waals surface area contributed by atoms with Gasteiger partial charge >= 0.3 is 0 Å². The molecule has 1 aromatic carbocycles. The largest absolute Gasteiger partial charge is 0.344 e. The van der Waals surface area contributed by atoms with Crippen molar-refractivity contribution in [3.8, 4) is 0 Å². The van der Waals surface area contributed by atoms with Gasteiger partial charge in [0.05, 0.1) is 0 Å². The molecule has 0 aliphatic rings. The highest BCUT2D eigenvalue weighted by Crippen LogP contribution is 1.79. The summed E-state index contributed by atoms with van der Waals surface area (Å²) in [6.07, 6.45) is 3.28. The van der Waals surface area contributed by atoms with E-state index in [9.17, 15) is 0 Å². The first-order chi connectivity index (χ1) is 4.91. The summed E-state index contributed by atoms with van der Waals surface area (Å²) in [5.74, 6) is 0. The summed E-state index contributed by atoms with van der Waals surface area (Å²) in [4.78, 5) is 0. The van der Waals surface area contributed by atoms with E-state index in [1.807, 2.05) is 36.4 Å². The molecule has 1 nitrogen and oxygen atoms in total.